The molecule has 1 aliphatic rings. The Morgan fingerprint density at radius 3 is 2.42 bits per heavy atom. The molecule has 0 aliphatic carbocycles. The van der Waals surface area contributed by atoms with E-state index in [0.29, 0.717) is 11.4 Å². The van der Waals surface area contributed by atoms with Crippen molar-refractivity contribution in [2.45, 2.75) is 71.1 Å². The number of aliphatic hydroxyl groups excluding tert-OH is 3. The van der Waals surface area contributed by atoms with Crippen molar-refractivity contribution in [3.8, 4) is 5.75 Å². The van der Waals surface area contributed by atoms with Crippen LogP contribution in [0.1, 0.15) is 34.6 Å². The minimum absolute atomic E-state index is 0.114. The SMILES string of the molecule is CO[C@@H](C(=O)N[C@H]1COc2ccccc2N(C(C)C)C1=O)[C@H](O)[C@@H](O)[C@H](O)C=CC(C)(C)C. The normalized spacial score (nSPS) is 20.6. The molecule has 1 aromatic rings. The fraction of sp³-hybridized carbons (Fsp3) is 0.583. The number of rotatable bonds is 8. The van der Waals surface area contributed by atoms with Crippen LogP contribution in [0.2, 0.25) is 0 Å². The number of benzene rings is 1. The topological polar surface area (TPSA) is 129 Å². The van der Waals surface area contributed by atoms with Crippen LogP contribution in [0, 0.1) is 5.41 Å². The summed E-state index contributed by atoms with van der Waals surface area (Å²) in [4.78, 5) is 27.7. The van der Waals surface area contributed by atoms with Crippen LogP contribution in [0.15, 0.2) is 36.4 Å². The Bertz CT molecular complexity index is 849. The van der Waals surface area contributed by atoms with E-state index in [1.165, 1.54) is 13.2 Å². The fourth-order valence-corrected chi connectivity index (χ4v) is 3.48. The van der Waals surface area contributed by atoms with Gasteiger partial charge in [0.1, 0.15) is 36.7 Å². The number of fused-ring (bicyclic) bond motifs is 1. The van der Waals surface area contributed by atoms with Gasteiger partial charge in [-0.3, -0.25) is 9.59 Å². The van der Waals surface area contributed by atoms with Crippen molar-refractivity contribution < 1.29 is 34.4 Å². The van der Waals surface area contributed by atoms with Crippen molar-refractivity contribution in [2.24, 2.45) is 5.41 Å². The van der Waals surface area contributed by atoms with Crippen molar-refractivity contribution in [1.82, 2.24) is 5.32 Å². The maximum absolute atomic E-state index is 13.2. The molecule has 1 aromatic carbocycles. The summed E-state index contributed by atoms with van der Waals surface area (Å²) in [7, 11) is 1.19. The summed E-state index contributed by atoms with van der Waals surface area (Å²) < 4.78 is 10.9. The Morgan fingerprint density at radius 1 is 1.21 bits per heavy atom. The van der Waals surface area contributed by atoms with Gasteiger partial charge in [-0.05, 0) is 31.4 Å². The Balaban J connectivity index is 2.16. The van der Waals surface area contributed by atoms with E-state index in [2.05, 4.69) is 5.32 Å². The average Bonchev–Trinajstić information content (AvgIpc) is 2.88. The number of para-hydroxylation sites is 2. The van der Waals surface area contributed by atoms with Crippen molar-refractivity contribution in [3.63, 3.8) is 0 Å². The highest BCUT2D eigenvalue weighted by Crippen LogP contribution is 2.32. The Kier molecular flexibility index (Phi) is 9.02. The number of methoxy groups -OCH3 is 1. The summed E-state index contributed by atoms with van der Waals surface area (Å²) >= 11 is 0. The lowest BCUT2D eigenvalue weighted by Crippen LogP contribution is -2.57. The second-order valence-electron chi connectivity index (χ2n) is 9.50. The lowest BCUT2D eigenvalue weighted by molar-refractivity contribution is -0.150. The van der Waals surface area contributed by atoms with Crippen molar-refractivity contribution in [2.75, 3.05) is 18.6 Å². The third kappa shape index (κ3) is 6.77. The van der Waals surface area contributed by atoms with E-state index in [4.69, 9.17) is 9.47 Å². The molecule has 9 nitrogen and oxygen atoms in total. The molecular weight excluding hydrogens is 428 g/mol. The number of carbonyl (C=O) groups is 2. The summed E-state index contributed by atoms with van der Waals surface area (Å²) in [5, 5.41) is 33.7. The van der Waals surface area contributed by atoms with Crippen LogP contribution < -0.4 is 15.0 Å². The maximum atomic E-state index is 13.2. The number of ether oxygens (including phenoxy) is 2. The van der Waals surface area contributed by atoms with Gasteiger partial charge in [0.2, 0.25) is 0 Å². The summed E-state index contributed by atoms with van der Waals surface area (Å²) in [6, 6.07) is 5.85. The molecule has 33 heavy (non-hydrogen) atoms. The summed E-state index contributed by atoms with van der Waals surface area (Å²) in [6.07, 6.45) is -3.32. The number of aliphatic hydroxyl groups is 3. The number of nitrogens with one attached hydrogen (secondary N) is 1. The van der Waals surface area contributed by atoms with Crippen LogP contribution >= 0.6 is 0 Å². The van der Waals surface area contributed by atoms with Gasteiger partial charge in [0.25, 0.3) is 11.8 Å². The van der Waals surface area contributed by atoms with E-state index < -0.39 is 36.4 Å². The van der Waals surface area contributed by atoms with Crippen LogP contribution in [-0.4, -0.2) is 77.4 Å². The number of hydrogen-bond donors (Lipinski definition) is 4. The smallest absolute Gasteiger partial charge is 0.253 e. The summed E-state index contributed by atoms with van der Waals surface area (Å²) in [6.45, 7) is 9.32. The molecule has 0 unspecified atom stereocenters. The molecule has 4 N–H and O–H groups in total. The lowest BCUT2D eigenvalue weighted by Gasteiger charge is -2.30. The number of allylic oxidation sites excluding steroid dienone is 1. The number of nitrogens with zero attached hydrogens (tertiary/aromatic N) is 1. The highest BCUT2D eigenvalue weighted by Gasteiger charge is 2.39. The fourth-order valence-electron chi connectivity index (χ4n) is 3.48. The van der Waals surface area contributed by atoms with Crippen molar-refractivity contribution >= 4 is 17.5 Å². The molecule has 0 spiro atoms. The molecular formula is C24H36N2O7. The number of hydrogen-bond acceptors (Lipinski definition) is 7. The van der Waals surface area contributed by atoms with Crippen LogP contribution in [0.3, 0.4) is 0 Å². The second kappa shape index (κ2) is 11.1. The molecule has 0 saturated carbocycles. The largest absolute Gasteiger partial charge is 0.489 e. The monoisotopic (exact) mass is 464 g/mol. The molecule has 0 fully saturated rings. The van der Waals surface area contributed by atoms with E-state index in [1.54, 1.807) is 35.2 Å². The molecule has 1 aliphatic heterocycles. The Morgan fingerprint density at radius 2 is 1.85 bits per heavy atom. The summed E-state index contributed by atoms with van der Waals surface area (Å²) in [5.41, 5.74) is 0.352. The molecule has 2 rings (SSSR count). The Hall–Kier alpha value is -2.46. The van der Waals surface area contributed by atoms with Crippen LogP contribution in [0.5, 0.6) is 5.75 Å². The first-order valence-electron chi connectivity index (χ1n) is 11.0. The predicted octanol–water partition coefficient (Wildman–Crippen LogP) is 1.01. The predicted molar refractivity (Wildman–Crippen MR) is 124 cm³/mol. The third-order valence-electron chi connectivity index (χ3n) is 5.21. The molecule has 184 valence electrons. The first kappa shape index (κ1) is 26.8. The maximum Gasteiger partial charge on any atom is 0.253 e. The number of anilines is 1. The molecule has 0 aromatic heterocycles. The second-order valence-corrected chi connectivity index (χ2v) is 9.50. The van der Waals surface area contributed by atoms with Gasteiger partial charge in [-0.15, -0.1) is 0 Å². The molecule has 9 heteroatoms. The van der Waals surface area contributed by atoms with Gasteiger partial charge in [-0.25, -0.2) is 0 Å². The van der Waals surface area contributed by atoms with E-state index in [9.17, 15) is 24.9 Å². The van der Waals surface area contributed by atoms with Crippen molar-refractivity contribution in [3.05, 3.63) is 36.4 Å². The zero-order chi connectivity index (χ0) is 24.9. The van der Waals surface area contributed by atoms with Crippen LogP contribution in [-0.2, 0) is 14.3 Å². The van der Waals surface area contributed by atoms with E-state index in [0.717, 1.165) is 0 Å². The minimum Gasteiger partial charge on any atom is -0.489 e. The number of amides is 2. The van der Waals surface area contributed by atoms with Gasteiger partial charge in [0.15, 0.2) is 6.10 Å². The first-order chi connectivity index (χ1) is 15.4. The van der Waals surface area contributed by atoms with Gasteiger partial charge in [0.05, 0.1) is 5.69 Å². The van der Waals surface area contributed by atoms with Crippen molar-refractivity contribution in [1.29, 1.82) is 0 Å². The van der Waals surface area contributed by atoms with Gasteiger partial charge in [0, 0.05) is 13.2 Å². The zero-order valence-corrected chi connectivity index (χ0v) is 20.1. The molecule has 1 heterocycles. The molecule has 0 radical (unpaired) electrons. The van der Waals surface area contributed by atoms with Gasteiger partial charge < -0.3 is 35.0 Å². The molecule has 2 amide bonds. The highest BCUT2D eigenvalue weighted by atomic mass is 16.5. The molecule has 5 atom stereocenters. The lowest BCUT2D eigenvalue weighted by atomic mass is 9.94. The van der Waals surface area contributed by atoms with E-state index >= 15 is 0 Å². The highest BCUT2D eigenvalue weighted by molar-refractivity contribution is 6.01. The standard InChI is InChI=1S/C24H36N2O7/c1-14(2)26-16-9-7-8-10-18(16)33-13-15(23(26)31)25-22(30)21(32-6)20(29)19(28)17(27)11-12-24(3,4)5/h7-12,14-15,17,19-21,27-29H,13H2,1-6H3,(H,25,30)/t15-,17+,19-,20+,21+/m0/s1. The molecule has 0 saturated heterocycles. The van der Waals surface area contributed by atoms with Gasteiger partial charge >= 0.3 is 0 Å². The quantitative estimate of drug-likeness (QED) is 0.423. The zero-order valence-electron chi connectivity index (χ0n) is 20.1. The number of carbonyl (C=O) groups excluding carboxylic acids is 2. The summed E-state index contributed by atoms with van der Waals surface area (Å²) in [5.74, 6) is -0.669. The van der Waals surface area contributed by atoms with Crippen LogP contribution in [0.25, 0.3) is 0 Å². The van der Waals surface area contributed by atoms with E-state index in [1.807, 2.05) is 34.6 Å². The Labute approximate surface area is 195 Å². The van der Waals surface area contributed by atoms with Crippen LogP contribution in [0.4, 0.5) is 5.69 Å². The minimum atomic E-state index is -1.74. The van der Waals surface area contributed by atoms with Gasteiger partial charge in [-0.1, -0.05) is 45.1 Å². The molecule has 0 bridgehead atoms. The van der Waals surface area contributed by atoms with E-state index in [-0.39, 0.29) is 24.0 Å². The third-order valence-corrected chi connectivity index (χ3v) is 5.21. The first-order valence-corrected chi connectivity index (χ1v) is 11.0. The van der Waals surface area contributed by atoms with Gasteiger partial charge in [-0.2, -0.15) is 0 Å². The average molecular weight is 465 g/mol.